The largest absolute Gasteiger partial charge is 0.395 e. The van der Waals surface area contributed by atoms with Gasteiger partial charge in [0.2, 0.25) is 11.7 Å². The third kappa shape index (κ3) is 3.91. The Hall–Kier alpha value is -3.06. The predicted octanol–water partition coefficient (Wildman–Crippen LogP) is 2.76. The zero-order valence-electron chi connectivity index (χ0n) is 16.3. The minimum atomic E-state index is -0.270. The van der Waals surface area contributed by atoms with Crippen LogP contribution in [0.15, 0.2) is 45.8 Å². The minimum absolute atomic E-state index is 0.0362. The van der Waals surface area contributed by atoms with E-state index in [9.17, 15) is 9.59 Å². The van der Waals surface area contributed by atoms with Crippen LogP contribution in [0.1, 0.15) is 53.1 Å². The number of rotatable bonds is 7. The van der Waals surface area contributed by atoms with Gasteiger partial charge in [-0.05, 0) is 42.0 Å². The molecule has 7 nitrogen and oxygen atoms in total. The van der Waals surface area contributed by atoms with Crippen LogP contribution in [0, 0.1) is 0 Å². The Morgan fingerprint density at radius 2 is 2.17 bits per heavy atom. The molecule has 1 aliphatic rings. The number of carbonyl (C=O) groups excluding carboxylic acids is 1. The summed E-state index contributed by atoms with van der Waals surface area (Å²) in [6, 6.07) is 9.12. The lowest BCUT2D eigenvalue weighted by Gasteiger charge is -2.12. The summed E-state index contributed by atoms with van der Waals surface area (Å²) in [5, 5.41) is 13.0. The molecule has 0 saturated heterocycles. The van der Waals surface area contributed by atoms with Crippen LogP contribution in [-0.2, 0) is 19.4 Å². The van der Waals surface area contributed by atoms with E-state index in [4.69, 9.17) is 9.63 Å². The summed E-state index contributed by atoms with van der Waals surface area (Å²) >= 11 is 0. The summed E-state index contributed by atoms with van der Waals surface area (Å²) in [6.45, 7) is 2.08. The van der Waals surface area contributed by atoms with Crippen LogP contribution in [0.4, 0.5) is 0 Å². The van der Waals surface area contributed by atoms with Gasteiger partial charge in [0.1, 0.15) is 0 Å². The maximum Gasteiger partial charge on any atom is 0.251 e. The number of nitrogens with zero attached hydrogens (tertiary/aromatic N) is 3. The zero-order valence-corrected chi connectivity index (χ0v) is 16.3. The third-order valence-electron chi connectivity index (χ3n) is 5.46. The third-order valence-corrected chi connectivity index (χ3v) is 5.46. The van der Waals surface area contributed by atoms with E-state index in [2.05, 4.69) is 22.3 Å². The second-order valence-corrected chi connectivity index (χ2v) is 7.31. The number of aliphatic hydroxyl groups is 1. The number of benzene rings is 1. The van der Waals surface area contributed by atoms with Crippen LogP contribution in [0.5, 0.6) is 0 Å². The molecule has 150 valence electrons. The Bertz CT molecular complexity index is 1100. The van der Waals surface area contributed by atoms with Crippen LogP contribution in [0.2, 0.25) is 0 Å². The van der Waals surface area contributed by atoms with Gasteiger partial charge in [-0.2, -0.15) is 4.98 Å². The molecule has 0 fully saturated rings. The van der Waals surface area contributed by atoms with E-state index in [1.54, 1.807) is 12.3 Å². The molecule has 4 rings (SSSR count). The zero-order chi connectivity index (χ0) is 20.4. The van der Waals surface area contributed by atoms with Crippen molar-refractivity contribution in [1.29, 1.82) is 0 Å². The van der Waals surface area contributed by atoms with Crippen molar-refractivity contribution in [2.24, 2.45) is 0 Å². The number of hydrogen-bond acceptors (Lipinski definition) is 6. The molecule has 3 aromatic rings. The first kappa shape index (κ1) is 19.3. The maximum absolute atomic E-state index is 12.7. The fourth-order valence-electron chi connectivity index (χ4n) is 3.89. The first-order valence-electron chi connectivity index (χ1n) is 9.89. The lowest BCUT2D eigenvalue weighted by molar-refractivity contribution is 0.0973. The molecule has 1 aliphatic carbocycles. The molecule has 0 saturated carbocycles. The number of aliphatic hydroxyl groups excluding tert-OH is 1. The number of aryl methyl sites for hydroxylation is 2. The second-order valence-electron chi connectivity index (χ2n) is 7.31. The molecule has 2 aromatic heterocycles. The topological polar surface area (TPSA) is 98.2 Å². The molecule has 0 spiro atoms. The van der Waals surface area contributed by atoms with Gasteiger partial charge in [0.05, 0.1) is 6.61 Å². The Morgan fingerprint density at radius 1 is 1.31 bits per heavy atom. The summed E-state index contributed by atoms with van der Waals surface area (Å²) in [4.78, 5) is 29.2. The van der Waals surface area contributed by atoms with Gasteiger partial charge in [0, 0.05) is 42.8 Å². The fourth-order valence-corrected chi connectivity index (χ4v) is 3.89. The Kier molecular flexibility index (Phi) is 5.40. The van der Waals surface area contributed by atoms with Crippen molar-refractivity contribution in [3.63, 3.8) is 0 Å². The minimum Gasteiger partial charge on any atom is -0.395 e. The van der Waals surface area contributed by atoms with E-state index in [-0.39, 0.29) is 30.4 Å². The summed E-state index contributed by atoms with van der Waals surface area (Å²) in [7, 11) is 0. The normalized spacial score (nSPS) is 15.4. The van der Waals surface area contributed by atoms with Crippen molar-refractivity contribution in [1.82, 2.24) is 14.7 Å². The Balaban J connectivity index is 1.50. The highest BCUT2D eigenvalue weighted by molar-refractivity contribution is 5.96. The average molecular weight is 393 g/mol. The van der Waals surface area contributed by atoms with Crippen molar-refractivity contribution in [2.75, 3.05) is 6.61 Å². The van der Waals surface area contributed by atoms with Gasteiger partial charge in [-0.25, -0.2) is 0 Å². The van der Waals surface area contributed by atoms with Crippen molar-refractivity contribution in [3.05, 3.63) is 69.5 Å². The van der Waals surface area contributed by atoms with Gasteiger partial charge in [-0.3, -0.25) is 9.59 Å². The summed E-state index contributed by atoms with van der Waals surface area (Å²) < 4.78 is 6.59. The van der Waals surface area contributed by atoms with Crippen molar-refractivity contribution >= 4 is 5.78 Å². The summed E-state index contributed by atoms with van der Waals surface area (Å²) in [5.74, 6) is 1.31. The van der Waals surface area contributed by atoms with Crippen LogP contribution in [-0.4, -0.2) is 32.2 Å². The number of pyridine rings is 1. The molecule has 2 heterocycles. The SMILES string of the molecule is CCc1nc(-c2ccc3c(c2)CC[C@H]3CC(=O)c2ccn(CCO)c(=O)c2)no1. The van der Waals surface area contributed by atoms with Crippen LogP contribution >= 0.6 is 0 Å². The molecule has 0 amide bonds. The van der Waals surface area contributed by atoms with Crippen LogP contribution in [0.3, 0.4) is 0 Å². The molecule has 0 aliphatic heterocycles. The smallest absolute Gasteiger partial charge is 0.251 e. The number of Topliss-reactive ketones (excluding diaryl/α,β-unsaturated/α-hetero) is 1. The quantitative estimate of drug-likeness (QED) is 0.620. The highest BCUT2D eigenvalue weighted by atomic mass is 16.5. The molecule has 7 heteroatoms. The standard InChI is InChI=1S/C22H23N3O4/c1-2-20-23-22(24-29-20)17-5-6-18-14(11-17)3-4-15(18)12-19(27)16-7-8-25(9-10-26)21(28)13-16/h5-8,11,13,15,26H,2-4,9-10,12H2,1H3/t15-/m0/s1. The van der Waals surface area contributed by atoms with Gasteiger partial charge >= 0.3 is 0 Å². The second kappa shape index (κ2) is 8.13. The number of aromatic nitrogens is 3. The van der Waals surface area contributed by atoms with Crippen molar-refractivity contribution in [2.45, 2.75) is 45.1 Å². The first-order valence-corrected chi connectivity index (χ1v) is 9.89. The predicted molar refractivity (Wildman–Crippen MR) is 107 cm³/mol. The van der Waals surface area contributed by atoms with Gasteiger partial charge in [0.15, 0.2) is 5.78 Å². The number of carbonyl (C=O) groups is 1. The Labute approximate surface area is 168 Å². The van der Waals surface area contributed by atoms with Gasteiger partial charge in [-0.1, -0.05) is 24.2 Å². The van der Waals surface area contributed by atoms with Crippen molar-refractivity contribution < 1.29 is 14.4 Å². The summed E-state index contributed by atoms with van der Waals surface area (Å²) in [5.41, 5.74) is 3.46. The first-order chi connectivity index (χ1) is 14.1. The molecule has 1 aromatic carbocycles. The number of fused-ring (bicyclic) bond motifs is 1. The van der Waals surface area contributed by atoms with E-state index in [1.807, 2.05) is 13.0 Å². The van der Waals surface area contributed by atoms with Crippen LogP contribution < -0.4 is 5.56 Å². The number of hydrogen-bond donors (Lipinski definition) is 1. The van der Waals surface area contributed by atoms with Gasteiger partial charge < -0.3 is 14.2 Å². The van der Waals surface area contributed by atoms with Gasteiger partial charge in [0.25, 0.3) is 5.56 Å². The van der Waals surface area contributed by atoms with E-state index in [1.165, 1.54) is 21.8 Å². The molecule has 0 unspecified atom stereocenters. The lowest BCUT2D eigenvalue weighted by atomic mass is 9.93. The van der Waals surface area contributed by atoms with E-state index >= 15 is 0 Å². The Morgan fingerprint density at radius 3 is 2.90 bits per heavy atom. The average Bonchev–Trinajstić information content (AvgIpc) is 3.36. The highest BCUT2D eigenvalue weighted by Gasteiger charge is 2.26. The van der Waals surface area contributed by atoms with Crippen LogP contribution in [0.25, 0.3) is 11.4 Å². The number of ketones is 1. The van der Waals surface area contributed by atoms with E-state index in [0.29, 0.717) is 30.1 Å². The van der Waals surface area contributed by atoms with E-state index < -0.39 is 0 Å². The monoisotopic (exact) mass is 393 g/mol. The molecular formula is C22H23N3O4. The molecular weight excluding hydrogens is 370 g/mol. The molecule has 1 atom stereocenters. The van der Waals surface area contributed by atoms with Gasteiger partial charge in [-0.15, -0.1) is 0 Å². The molecule has 29 heavy (non-hydrogen) atoms. The molecule has 1 N–H and O–H groups in total. The van der Waals surface area contributed by atoms with E-state index in [0.717, 1.165) is 18.4 Å². The highest BCUT2D eigenvalue weighted by Crippen LogP contribution is 2.38. The maximum atomic E-state index is 12.7. The fraction of sp³-hybridized carbons (Fsp3) is 0.364. The molecule has 0 radical (unpaired) electrons. The molecule has 0 bridgehead atoms. The lowest BCUT2D eigenvalue weighted by Crippen LogP contribution is -2.22. The summed E-state index contributed by atoms with van der Waals surface area (Å²) in [6.07, 6.45) is 4.44. The van der Waals surface area contributed by atoms with Crippen molar-refractivity contribution in [3.8, 4) is 11.4 Å².